The van der Waals surface area contributed by atoms with Crippen LogP contribution in [0.4, 0.5) is 0 Å². The van der Waals surface area contributed by atoms with Crippen molar-refractivity contribution in [2.24, 2.45) is 0 Å². The molecule has 3 heteroatoms. The Morgan fingerprint density at radius 2 is 1.89 bits per heavy atom. The quantitative estimate of drug-likeness (QED) is 0.851. The molecule has 1 unspecified atom stereocenters. The van der Waals surface area contributed by atoms with Gasteiger partial charge in [-0.3, -0.25) is 0 Å². The molecule has 1 N–H and O–H groups in total. The van der Waals surface area contributed by atoms with Gasteiger partial charge in [-0.1, -0.05) is 64.8 Å². The SMILES string of the molecule is CCNC(c1ccccc1)c1cc(Br)ccc1Cl. The molecule has 2 aromatic rings. The van der Waals surface area contributed by atoms with Gasteiger partial charge in [0, 0.05) is 9.50 Å². The van der Waals surface area contributed by atoms with Crippen LogP contribution in [0.2, 0.25) is 5.02 Å². The zero-order valence-electron chi connectivity index (χ0n) is 10.2. The second kappa shape index (κ2) is 6.37. The average molecular weight is 325 g/mol. The normalized spacial score (nSPS) is 12.4. The van der Waals surface area contributed by atoms with Gasteiger partial charge in [-0.25, -0.2) is 0 Å². The van der Waals surface area contributed by atoms with E-state index in [1.807, 2.05) is 30.3 Å². The predicted octanol–water partition coefficient (Wildman–Crippen LogP) is 4.80. The highest BCUT2D eigenvalue weighted by molar-refractivity contribution is 9.10. The molecule has 0 amide bonds. The van der Waals surface area contributed by atoms with Crippen molar-refractivity contribution in [1.82, 2.24) is 5.32 Å². The third-order valence-electron chi connectivity index (χ3n) is 2.81. The fourth-order valence-electron chi connectivity index (χ4n) is 1.99. The summed E-state index contributed by atoms with van der Waals surface area (Å²) < 4.78 is 1.04. The van der Waals surface area contributed by atoms with Gasteiger partial charge in [0.15, 0.2) is 0 Å². The fourth-order valence-corrected chi connectivity index (χ4v) is 2.60. The van der Waals surface area contributed by atoms with E-state index in [0.717, 1.165) is 21.6 Å². The zero-order valence-corrected chi connectivity index (χ0v) is 12.5. The molecule has 0 aromatic heterocycles. The van der Waals surface area contributed by atoms with Gasteiger partial charge in [0.2, 0.25) is 0 Å². The molecular formula is C15H15BrClN. The Kier molecular flexibility index (Phi) is 4.81. The lowest BCUT2D eigenvalue weighted by Crippen LogP contribution is -2.22. The topological polar surface area (TPSA) is 12.0 Å². The summed E-state index contributed by atoms with van der Waals surface area (Å²) in [5.74, 6) is 0. The maximum absolute atomic E-state index is 6.32. The number of nitrogens with one attached hydrogen (secondary N) is 1. The molecule has 0 radical (unpaired) electrons. The van der Waals surface area contributed by atoms with Crippen LogP contribution >= 0.6 is 27.5 Å². The van der Waals surface area contributed by atoms with Crippen LogP contribution in [0, 0.1) is 0 Å². The zero-order chi connectivity index (χ0) is 13.0. The maximum Gasteiger partial charge on any atom is 0.0591 e. The summed E-state index contributed by atoms with van der Waals surface area (Å²) in [5.41, 5.74) is 2.32. The molecule has 0 aliphatic carbocycles. The lowest BCUT2D eigenvalue weighted by Gasteiger charge is -2.20. The van der Waals surface area contributed by atoms with Crippen LogP contribution in [-0.2, 0) is 0 Å². The highest BCUT2D eigenvalue weighted by Gasteiger charge is 2.15. The average Bonchev–Trinajstić information content (AvgIpc) is 2.40. The molecular weight excluding hydrogens is 310 g/mol. The van der Waals surface area contributed by atoms with Crippen molar-refractivity contribution in [3.63, 3.8) is 0 Å². The van der Waals surface area contributed by atoms with Crippen molar-refractivity contribution in [3.05, 3.63) is 69.2 Å². The van der Waals surface area contributed by atoms with E-state index in [-0.39, 0.29) is 6.04 Å². The first-order valence-electron chi connectivity index (χ1n) is 5.95. The molecule has 94 valence electrons. The van der Waals surface area contributed by atoms with E-state index < -0.39 is 0 Å². The number of halogens is 2. The van der Waals surface area contributed by atoms with Gasteiger partial charge in [0.1, 0.15) is 0 Å². The number of hydrogen-bond donors (Lipinski definition) is 1. The largest absolute Gasteiger partial charge is 0.306 e. The Bertz CT molecular complexity index is 513. The summed E-state index contributed by atoms with van der Waals surface area (Å²) in [6, 6.07) is 16.4. The van der Waals surface area contributed by atoms with Crippen molar-refractivity contribution in [2.45, 2.75) is 13.0 Å². The minimum Gasteiger partial charge on any atom is -0.306 e. The van der Waals surface area contributed by atoms with Crippen LogP contribution in [0.5, 0.6) is 0 Å². The second-order valence-corrected chi connectivity index (χ2v) is 5.39. The summed E-state index contributed by atoms with van der Waals surface area (Å²) in [6.07, 6.45) is 0. The first kappa shape index (κ1) is 13.6. The van der Waals surface area contributed by atoms with Gasteiger partial charge in [-0.05, 0) is 35.9 Å². The Morgan fingerprint density at radius 3 is 2.56 bits per heavy atom. The summed E-state index contributed by atoms with van der Waals surface area (Å²) in [5, 5.41) is 4.26. The number of rotatable bonds is 4. The first-order valence-corrected chi connectivity index (χ1v) is 7.12. The molecule has 0 spiro atoms. The van der Waals surface area contributed by atoms with Gasteiger partial charge >= 0.3 is 0 Å². The molecule has 1 nitrogen and oxygen atoms in total. The smallest absolute Gasteiger partial charge is 0.0591 e. The monoisotopic (exact) mass is 323 g/mol. The summed E-state index contributed by atoms with van der Waals surface area (Å²) in [4.78, 5) is 0. The third kappa shape index (κ3) is 3.14. The highest BCUT2D eigenvalue weighted by atomic mass is 79.9. The van der Waals surface area contributed by atoms with Gasteiger partial charge < -0.3 is 5.32 Å². The minimum atomic E-state index is 0.126. The molecule has 2 rings (SSSR count). The van der Waals surface area contributed by atoms with E-state index >= 15 is 0 Å². The lowest BCUT2D eigenvalue weighted by atomic mass is 9.98. The Balaban J connectivity index is 2.44. The molecule has 0 heterocycles. The summed E-state index contributed by atoms with van der Waals surface area (Å²) >= 11 is 9.82. The van der Waals surface area contributed by atoms with E-state index in [0.29, 0.717) is 0 Å². The standard InChI is InChI=1S/C15H15BrClN/c1-2-18-15(11-6-4-3-5-7-11)13-10-12(16)8-9-14(13)17/h3-10,15,18H,2H2,1H3. The van der Waals surface area contributed by atoms with Gasteiger partial charge in [0.05, 0.1) is 6.04 Å². The number of hydrogen-bond acceptors (Lipinski definition) is 1. The molecule has 2 aromatic carbocycles. The Hall–Kier alpha value is -0.830. The summed E-state index contributed by atoms with van der Waals surface area (Å²) in [6.45, 7) is 2.99. The molecule has 0 saturated carbocycles. The first-order chi connectivity index (χ1) is 8.72. The summed E-state index contributed by atoms with van der Waals surface area (Å²) in [7, 11) is 0. The van der Waals surface area contributed by atoms with E-state index in [1.165, 1.54) is 5.56 Å². The van der Waals surface area contributed by atoms with Crippen molar-refractivity contribution >= 4 is 27.5 Å². The molecule has 0 aliphatic rings. The van der Waals surface area contributed by atoms with E-state index in [1.54, 1.807) is 0 Å². The second-order valence-electron chi connectivity index (χ2n) is 4.07. The van der Waals surface area contributed by atoms with Gasteiger partial charge in [0.25, 0.3) is 0 Å². The molecule has 0 saturated heterocycles. The van der Waals surface area contributed by atoms with Crippen LogP contribution in [0.25, 0.3) is 0 Å². The maximum atomic E-state index is 6.32. The van der Waals surface area contributed by atoms with Crippen LogP contribution in [-0.4, -0.2) is 6.54 Å². The molecule has 0 fully saturated rings. The van der Waals surface area contributed by atoms with E-state index in [2.05, 4.69) is 46.4 Å². The fraction of sp³-hybridized carbons (Fsp3) is 0.200. The van der Waals surface area contributed by atoms with Crippen LogP contribution in [0.15, 0.2) is 53.0 Å². The van der Waals surface area contributed by atoms with Crippen molar-refractivity contribution in [2.75, 3.05) is 6.54 Å². The van der Waals surface area contributed by atoms with E-state index in [9.17, 15) is 0 Å². The van der Waals surface area contributed by atoms with Crippen LogP contribution in [0.1, 0.15) is 24.1 Å². The van der Waals surface area contributed by atoms with Gasteiger partial charge in [-0.15, -0.1) is 0 Å². The minimum absolute atomic E-state index is 0.126. The molecule has 1 atom stereocenters. The Labute approximate surface area is 121 Å². The van der Waals surface area contributed by atoms with E-state index in [4.69, 9.17) is 11.6 Å². The number of benzene rings is 2. The molecule has 0 aliphatic heterocycles. The van der Waals surface area contributed by atoms with Crippen molar-refractivity contribution in [3.8, 4) is 0 Å². The molecule has 0 bridgehead atoms. The van der Waals surface area contributed by atoms with Crippen molar-refractivity contribution < 1.29 is 0 Å². The third-order valence-corrected chi connectivity index (χ3v) is 3.65. The van der Waals surface area contributed by atoms with Crippen molar-refractivity contribution in [1.29, 1.82) is 0 Å². The lowest BCUT2D eigenvalue weighted by molar-refractivity contribution is 0.630. The molecule has 18 heavy (non-hydrogen) atoms. The van der Waals surface area contributed by atoms with Crippen LogP contribution < -0.4 is 5.32 Å². The Morgan fingerprint density at radius 1 is 1.17 bits per heavy atom. The van der Waals surface area contributed by atoms with Crippen LogP contribution in [0.3, 0.4) is 0 Å². The van der Waals surface area contributed by atoms with Gasteiger partial charge in [-0.2, -0.15) is 0 Å². The highest BCUT2D eigenvalue weighted by Crippen LogP contribution is 2.30. The predicted molar refractivity (Wildman–Crippen MR) is 81.1 cm³/mol.